The van der Waals surface area contributed by atoms with E-state index in [1.165, 1.54) is 12.8 Å². The highest BCUT2D eigenvalue weighted by Crippen LogP contribution is 2.26. The standard InChI is InChI=1S/C11H15Cl2N3/c12-6-3-7-14-11-15-9-5-2-1-4-8(9)10(13)16-11/h1-7H2,(H,14,15,16). The van der Waals surface area contributed by atoms with E-state index in [1.54, 1.807) is 0 Å². The van der Waals surface area contributed by atoms with Gasteiger partial charge < -0.3 is 5.32 Å². The van der Waals surface area contributed by atoms with Gasteiger partial charge in [0.25, 0.3) is 0 Å². The molecule has 0 amide bonds. The second-order valence-electron chi connectivity index (χ2n) is 3.94. The lowest BCUT2D eigenvalue weighted by Crippen LogP contribution is -2.12. The lowest BCUT2D eigenvalue weighted by atomic mass is 9.97. The van der Waals surface area contributed by atoms with E-state index in [-0.39, 0.29) is 0 Å². The van der Waals surface area contributed by atoms with E-state index in [0.29, 0.717) is 17.0 Å². The number of hydrogen-bond acceptors (Lipinski definition) is 3. The van der Waals surface area contributed by atoms with Crippen LogP contribution in [0.15, 0.2) is 0 Å². The maximum Gasteiger partial charge on any atom is 0.224 e. The van der Waals surface area contributed by atoms with E-state index in [0.717, 1.165) is 37.1 Å². The molecule has 1 aromatic rings. The number of anilines is 1. The predicted octanol–water partition coefficient (Wildman–Crippen LogP) is 3.05. The van der Waals surface area contributed by atoms with Gasteiger partial charge >= 0.3 is 0 Å². The highest BCUT2D eigenvalue weighted by Gasteiger charge is 2.16. The minimum atomic E-state index is 0.609. The lowest BCUT2D eigenvalue weighted by molar-refractivity contribution is 0.663. The van der Waals surface area contributed by atoms with Gasteiger partial charge in [0.2, 0.25) is 5.95 Å². The van der Waals surface area contributed by atoms with Crippen LogP contribution in [0.5, 0.6) is 0 Å². The van der Waals surface area contributed by atoms with Gasteiger partial charge in [-0.2, -0.15) is 0 Å². The summed E-state index contributed by atoms with van der Waals surface area (Å²) in [6, 6.07) is 0. The highest BCUT2D eigenvalue weighted by molar-refractivity contribution is 6.30. The first-order valence-electron chi connectivity index (χ1n) is 5.66. The van der Waals surface area contributed by atoms with Crippen molar-refractivity contribution in [3.05, 3.63) is 16.4 Å². The van der Waals surface area contributed by atoms with E-state index in [4.69, 9.17) is 23.2 Å². The predicted molar refractivity (Wildman–Crippen MR) is 67.5 cm³/mol. The Hall–Kier alpha value is -0.540. The van der Waals surface area contributed by atoms with Crippen LogP contribution in [0.25, 0.3) is 0 Å². The number of alkyl halides is 1. The Morgan fingerprint density at radius 3 is 2.81 bits per heavy atom. The van der Waals surface area contributed by atoms with Crippen molar-refractivity contribution < 1.29 is 0 Å². The maximum atomic E-state index is 6.14. The first-order valence-corrected chi connectivity index (χ1v) is 6.57. The second kappa shape index (κ2) is 5.69. The summed E-state index contributed by atoms with van der Waals surface area (Å²) in [5.41, 5.74) is 2.25. The zero-order valence-electron chi connectivity index (χ0n) is 9.10. The van der Waals surface area contributed by atoms with Crippen LogP contribution in [0.1, 0.15) is 30.5 Å². The molecule has 1 heterocycles. The van der Waals surface area contributed by atoms with Gasteiger partial charge in [-0.15, -0.1) is 11.6 Å². The molecule has 0 spiro atoms. The molecule has 0 radical (unpaired) electrons. The number of nitrogens with zero attached hydrogens (tertiary/aromatic N) is 2. The largest absolute Gasteiger partial charge is 0.354 e. The van der Waals surface area contributed by atoms with Gasteiger partial charge in [-0.05, 0) is 32.1 Å². The van der Waals surface area contributed by atoms with Crippen molar-refractivity contribution in [2.75, 3.05) is 17.7 Å². The molecule has 1 N–H and O–H groups in total. The lowest BCUT2D eigenvalue weighted by Gasteiger charge is -2.16. The summed E-state index contributed by atoms with van der Waals surface area (Å²) in [5, 5.41) is 3.75. The monoisotopic (exact) mass is 259 g/mol. The molecule has 0 bridgehead atoms. The van der Waals surface area contributed by atoms with Gasteiger partial charge in [0.1, 0.15) is 5.15 Å². The van der Waals surface area contributed by atoms with Gasteiger partial charge in [0.15, 0.2) is 0 Å². The van der Waals surface area contributed by atoms with Crippen LogP contribution in [0.2, 0.25) is 5.15 Å². The molecule has 1 aliphatic rings. The Morgan fingerprint density at radius 2 is 2.00 bits per heavy atom. The Kier molecular flexibility index (Phi) is 4.24. The molecule has 88 valence electrons. The van der Waals surface area contributed by atoms with Crippen molar-refractivity contribution in [2.24, 2.45) is 0 Å². The average Bonchev–Trinajstić information content (AvgIpc) is 2.30. The number of aromatic nitrogens is 2. The molecule has 16 heavy (non-hydrogen) atoms. The third kappa shape index (κ3) is 2.77. The Balaban J connectivity index is 2.12. The van der Waals surface area contributed by atoms with Crippen molar-refractivity contribution in [1.82, 2.24) is 9.97 Å². The highest BCUT2D eigenvalue weighted by atomic mass is 35.5. The fourth-order valence-electron chi connectivity index (χ4n) is 1.89. The molecule has 0 saturated carbocycles. The van der Waals surface area contributed by atoms with E-state index < -0.39 is 0 Å². The first kappa shape index (κ1) is 11.9. The Labute approximate surface area is 106 Å². The molecule has 0 fully saturated rings. The van der Waals surface area contributed by atoms with Crippen molar-refractivity contribution in [3.8, 4) is 0 Å². The molecule has 1 aromatic heterocycles. The number of nitrogens with one attached hydrogen (secondary N) is 1. The Morgan fingerprint density at radius 1 is 1.19 bits per heavy atom. The zero-order valence-corrected chi connectivity index (χ0v) is 10.6. The van der Waals surface area contributed by atoms with Gasteiger partial charge in [-0.25, -0.2) is 9.97 Å². The molecular weight excluding hydrogens is 245 g/mol. The fourth-order valence-corrected chi connectivity index (χ4v) is 2.31. The number of fused-ring (bicyclic) bond motifs is 1. The van der Waals surface area contributed by atoms with E-state index in [1.807, 2.05) is 0 Å². The van der Waals surface area contributed by atoms with Crippen LogP contribution < -0.4 is 5.32 Å². The fraction of sp³-hybridized carbons (Fsp3) is 0.636. The van der Waals surface area contributed by atoms with Crippen molar-refractivity contribution in [2.45, 2.75) is 32.1 Å². The maximum absolute atomic E-state index is 6.14. The molecule has 5 heteroatoms. The summed E-state index contributed by atoms with van der Waals surface area (Å²) < 4.78 is 0. The summed E-state index contributed by atoms with van der Waals surface area (Å²) in [4.78, 5) is 8.75. The summed E-state index contributed by atoms with van der Waals surface area (Å²) in [5.74, 6) is 1.28. The summed E-state index contributed by atoms with van der Waals surface area (Å²) in [6.07, 6.45) is 5.31. The number of aryl methyl sites for hydroxylation is 1. The van der Waals surface area contributed by atoms with Crippen LogP contribution in [-0.2, 0) is 12.8 Å². The third-order valence-electron chi connectivity index (χ3n) is 2.73. The molecule has 2 rings (SSSR count). The van der Waals surface area contributed by atoms with Crippen LogP contribution in [0.4, 0.5) is 5.95 Å². The van der Waals surface area contributed by atoms with E-state index >= 15 is 0 Å². The van der Waals surface area contributed by atoms with Gasteiger partial charge in [-0.3, -0.25) is 0 Å². The molecule has 0 atom stereocenters. The molecule has 3 nitrogen and oxygen atoms in total. The number of rotatable bonds is 4. The number of halogens is 2. The first-order chi connectivity index (χ1) is 7.81. The van der Waals surface area contributed by atoms with Gasteiger partial charge in [0.05, 0.1) is 5.69 Å². The van der Waals surface area contributed by atoms with Crippen LogP contribution in [0, 0.1) is 0 Å². The minimum absolute atomic E-state index is 0.609. The quantitative estimate of drug-likeness (QED) is 0.513. The normalized spacial score (nSPS) is 14.6. The van der Waals surface area contributed by atoms with Crippen LogP contribution in [0.3, 0.4) is 0 Å². The van der Waals surface area contributed by atoms with Gasteiger partial charge in [0, 0.05) is 18.0 Å². The molecule has 0 aliphatic heterocycles. The SMILES string of the molecule is ClCCCNc1nc(Cl)c2c(n1)CCCC2. The van der Waals surface area contributed by atoms with Crippen molar-refractivity contribution >= 4 is 29.2 Å². The zero-order chi connectivity index (χ0) is 11.4. The molecule has 0 unspecified atom stereocenters. The van der Waals surface area contributed by atoms with Crippen LogP contribution >= 0.6 is 23.2 Å². The summed E-state index contributed by atoms with van der Waals surface area (Å²) in [7, 11) is 0. The smallest absolute Gasteiger partial charge is 0.224 e. The molecule has 0 aromatic carbocycles. The summed E-state index contributed by atoms with van der Waals surface area (Å²) in [6.45, 7) is 0.790. The number of hydrogen-bond donors (Lipinski definition) is 1. The Bertz CT molecular complexity index is 368. The average molecular weight is 260 g/mol. The van der Waals surface area contributed by atoms with Crippen molar-refractivity contribution in [1.29, 1.82) is 0 Å². The molecule has 0 saturated heterocycles. The molecular formula is C11H15Cl2N3. The minimum Gasteiger partial charge on any atom is -0.354 e. The van der Waals surface area contributed by atoms with Crippen LogP contribution in [-0.4, -0.2) is 22.4 Å². The van der Waals surface area contributed by atoms with E-state index in [9.17, 15) is 0 Å². The molecule has 1 aliphatic carbocycles. The third-order valence-corrected chi connectivity index (χ3v) is 3.31. The second-order valence-corrected chi connectivity index (χ2v) is 4.68. The topological polar surface area (TPSA) is 37.8 Å². The van der Waals surface area contributed by atoms with Crippen molar-refractivity contribution in [3.63, 3.8) is 0 Å². The summed E-state index contributed by atoms with van der Waals surface area (Å²) >= 11 is 11.8. The van der Waals surface area contributed by atoms with Gasteiger partial charge in [-0.1, -0.05) is 11.6 Å². The van der Waals surface area contributed by atoms with E-state index in [2.05, 4.69) is 15.3 Å².